The molecule has 0 fully saturated rings. The molecule has 0 amide bonds. The first kappa shape index (κ1) is 83.4. The fourth-order valence-corrected chi connectivity index (χ4v) is 8.74. The molecule has 0 atom stereocenters. The number of benzene rings is 3. The lowest BCUT2D eigenvalue weighted by molar-refractivity contribution is -0.156. The fourth-order valence-electron chi connectivity index (χ4n) is 8.47. The number of hydrogen-bond acceptors (Lipinski definition) is 22. The van der Waals surface area contributed by atoms with Gasteiger partial charge in [-0.2, -0.15) is 5.10 Å². The van der Waals surface area contributed by atoms with Gasteiger partial charge in [-0.25, -0.2) is 56.1 Å². The number of phenols is 2. The highest BCUT2D eigenvalue weighted by Gasteiger charge is 2.21. The topological polar surface area (TPSA) is 290 Å². The minimum atomic E-state index is -0.530. The van der Waals surface area contributed by atoms with Gasteiger partial charge in [-0.1, -0.05) is 26.5 Å². The molecule has 9 aromatic rings. The monoisotopic (exact) mass is 1420 g/mol. The molecule has 0 spiro atoms. The van der Waals surface area contributed by atoms with Gasteiger partial charge in [0.1, 0.15) is 62.7 Å². The van der Waals surface area contributed by atoms with Crippen molar-refractivity contribution in [3.05, 3.63) is 166 Å². The van der Waals surface area contributed by atoms with Gasteiger partial charge in [0.25, 0.3) is 0 Å². The van der Waals surface area contributed by atoms with E-state index in [2.05, 4.69) is 35.6 Å². The van der Waals surface area contributed by atoms with Crippen molar-refractivity contribution in [2.45, 2.75) is 134 Å². The third-order valence-electron chi connectivity index (χ3n) is 12.7. The molecule has 3 N–H and O–H groups in total. The lowest BCUT2D eigenvalue weighted by Crippen LogP contribution is -2.24. The van der Waals surface area contributed by atoms with Crippen molar-refractivity contribution in [1.82, 2.24) is 49.1 Å². The van der Waals surface area contributed by atoms with E-state index < -0.39 is 35.1 Å². The van der Waals surface area contributed by atoms with Gasteiger partial charge in [0.2, 0.25) is 0 Å². The van der Waals surface area contributed by atoms with Gasteiger partial charge in [-0.15, -0.1) is 21.8 Å². The molecule has 30 heteroatoms. The van der Waals surface area contributed by atoms with Crippen molar-refractivity contribution in [3.8, 4) is 17.2 Å². The first-order valence-electron chi connectivity index (χ1n) is 30.6. The molecule has 25 nitrogen and oxygen atoms in total. The Bertz CT molecular complexity index is 4090. The molecule has 6 aromatic heterocycles. The van der Waals surface area contributed by atoms with Gasteiger partial charge < -0.3 is 53.8 Å². The second kappa shape index (κ2) is 40.2. The van der Waals surface area contributed by atoms with Crippen LogP contribution >= 0.6 is 23.2 Å². The zero-order valence-corrected chi connectivity index (χ0v) is 57.6. The van der Waals surface area contributed by atoms with Gasteiger partial charge in [0, 0.05) is 69.1 Å². The molecule has 0 unspecified atom stereocenters. The fraction of sp³-hybridized carbons (Fsp3) is 0.406. The number of anilines is 2. The lowest BCUT2D eigenvalue weighted by atomic mass is 10.2. The van der Waals surface area contributed by atoms with Crippen molar-refractivity contribution >= 4 is 81.6 Å². The van der Waals surface area contributed by atoms with Gasteiger partial charge >= 0.3 is 29.8 Å². The molecule has 0 aliphatic carbocycles. The third kappa shape index (κ3) is 26.9. The number of ether oxygens (including phenoxy) is 6. The Labute approximate surface area is 584 Å². The number of alkyl halides is 1. The molecule has 0 bridgehead atoms. The van der Waals surface area contributed by atoms with E-state index >= 15 is 0 Å². The smallest absolute Gasteiger partial charge is 0.358 e. The summed E-state index contributed by atoms with van der Waals surface area (Å²) in [5.41, 5.74) is 3.00. The van der Waals surface area contributed by atoms with Crippen LogP contribution < -0.4 is 19.9 Å². The van der Waals surface area contributed by atoms with Crippen LogP contribution in [0.25, 0.3) is 16.9 Å². The standard InChI is InChI=1S/C25H31FN4O5.C17H17FN4O3.C9H8ClN3O2.C8H15ClO2.C8H10FNO.2CH4/c1-6-33-24(32)19-15-27-21-11-12-22(28-30(19)21)29(5)16-17-14-18(26)9-10-20(17)34-13-7-8-23(31)35-25(2,3)4;1-3-25-17(24)13-9-19-15-6-7-16(20-22(13)15)21(2)10-11-8-12(18)4-5-14(11)23;1-2-15-9(14)6-5-11-8-4-3-7(10)12-13(6)8;1-8(2,3)11-7(10)5-4-6-9;1-10-5-6-4-7(9)2-3-8(6)11;;/h9-12,14-15H,6-8,13,16H2,1-5H3;4-9,23H,3,10H2,1-2H3;3-5H,2H2,1H3;4-6H2,1-3H3;2-4,10-11H,5H2,1H3;2*1H4. The van der Waals surface area contributed by atoms with Gasteiger partial charge in [0.15, 0.2) is 34.0 Å². The number of halogens is 5. The summed E-state index contributed by atoms with van der Waals surface area (Å²) in [4.78, 5) is 74.3. The van der Waals surface area contributed by atoms with Crippen LogP contribution in [0.5, 0.6) is 17.2 Å². The lowest BCUT2D eigenvalue weighted by Gasteiger charge is -2.21. The maximum atomic E-state index is 14.0. The average molecular weight is 1420 g/mol. The van der Waals surface area contributed by atoms with E-state index in [4.69, 9.17) is 56.7 Å². The number of hydrogen-bond donors (Lipinski definition) is 3. The number of aromatic nitrogens is 9. The Morgan fingerprint density at radius 3 is 1.35 bits per heavy atom. The summed E-state index contributed by atoms with van der Waals surface area (Å²) in [6, 6.07) is 22.2. The molecular formula is C69H89Cl2F3N12O13. The second-order valence-electron chi connectivity index (χ2n) is 22.9. The third-order valence-corrected chi connectivity index (χ3v) is 13.2. The SMILES string of the molecule is C.C.CC(C)(C)OC(=O)CCCCl.CCOC(=O)c1cnc2ccc(Cl)nn12.CCOC(=O)c1cnc2ccc(N(C)Cc3cc(F)ccc3O)nn12.CCOC(=O)c1cnc2ccc(N(C)Cc3cc(F)ccc3OCCCC(=O)OC(C)(C)C)nn12.CNCc1cc(F)ccc1O. The molecule has 99 heavy (non-hydrogen) atoms. The maximum Gasteiger partial charge on any atom is 0.358 e. The number of nitrogens with one attached hydrogen (secondary N) is 1. The van der Waals surface area contributed by atoms with E-state index in [0.717, 1.165) is 0 Å². The predicted molar refractivity (Wildman–Crippen MR) is 371 cm³/mol. The molecule has 6 heterocycles. The van der Waals surface area contributed by atoms with Crippen LogP contribution in [-0.4, -0.2) is 149 Å². The average Bonchev–Trinajstić information content (AvgIpc) is 1.70. The number of aromatic hydroxyl groups is 2. The van der Waals surface area contributed by atoms with Gasteiger partial charge in [-0.3, -0.25) is 9.59 Å². The van der Waals surface area contributed by atoms with E-state index in [-0.39, 0.29) is 99.6 Å². The summed E-state index contributed by atoms with van der Waals surface area (Å²) in [6.45, 7) is 18.3. The summed E-state index contributed by atoms with van der Waals surface area (Å²) in [6.07, 6.45) is 6.04. The normalized spacial score (nSPS) is 10.7. The van der Waals surface area contributed by atoms with E-state index in [1.165, 1.54) is 80.7 Å². The largest absolute Gasteiger partial charge is 0.508 e. The summed E-state index contributed by atoms with van der Waals surface area (Å²) >= 11 is 11.1. The Morgan fingerprint density at radius 2 is 0.929 bits per heavy atom. The Hall–Kier alpha value is -9.80. The Balaban J connectivity index is 0.000000346. The van der Waals surface area contributed by atoms with Crippen LogP contribution in [-0.2, 0) is 52.9 Å². The summed E-state index contributed by atoms with van der Waals surface area (Å²) in [7, 11) is 5.29. The first-order valence-corrected chi connectivity index (χ1v) is 31.5. The van der Waals surface area contributed by atoms with Gasteiger partial charge in [-0.05, 0) is 173 Å². The van der Waals surface area contributed by atoms with Crippen LogP contribution in [0.1, 0.15) is 151 Å². The first-order chi connectivity index (χ1) is 46.0. The number of nitrogens with zero attached hydrogens (tertiary/aromatic N) is 11. The predicted octanol–water partition coefficient (Wildman–Crippen LogP) is 13.0. The summed E-state index contributed by atoms with van der Waals surface area (Å²) in [5.74, 6) is -0.858. The van der Waals surface area contributed by atoms with Crippen LogP contribution in [0.4, 0.5) is 24.8 Å². The van der Waals surface area contributed by atoms with Crippen LogP contribution in [0.2, 0.25) is 5.15 Å². The maximum absolute atomic E-state index is 14.0. The molecule has 538 valence electrons. The number of esters is 5. The van der Waals surface area contributed by atoms with Crippen LogP contribution in [0.3, 0.4) is 0 Å². The minimum absolute atomic E-state index is 0. The zero-order valence-electron chi connectivity index (χ0n) is 56.1. The van der Waals surface area contributed by atoms with Gasteiger partial charge in [0.05, 0.1) is 45.0 Å². The number of imidazole rings is 3. The zero-order chi connectivity index (χ0) is 71.6. The van der Waals surface area contributed by atoms with Crippen LogP contribution in [0.15, 0.2) is 110 Å². The van der Waals surface area contributed by atoms with E-state index in [0.29, 0.717) is 101 Å². The molecule has 0 aliphatic heterocycles. The summed E-state index contributed by atoms with van der Waals surface area (Å²) < 4.78 is 75.2. The van der Waals surface area contributed by atoms with Crippen molar-refractivity contribution in [2.75, 3.05) is 63.3 Å². The highest BCUT2D eigenvalue weighted by atomic mass is 35.5. The highest BCUT2D eigenvalue weighted by molar-refractivity contribution is 6.29. The molecule has 0 saturated carbocycles. The molecule has 0 saturated heterocycles. The van der Waals surface area contributed by atoms with Crippen molar-refractivity contribution in [2.24, 2.45) is 0 Å². The van der Waals surface area contributed by atoms with Crippen molar-refractivity contribution in [1.29, 1.82) is 0 Å². The van der Waals surface area contributed by atoms with Crippen molar-refractivity contribution in [3.63, 3.8) is 0 Å². The number of phenolic OH excluding ortho intramolecular Hbond substituents is 2. The quantitative estimate of drug-likeness (QED) is 0.0246. The van der Waals surface area contributed by atoms with Crippen LogP contribution in [0, 0.1) is 17.5 Å². The van der Waals surface area contributed by atoms with E-state index in [1.807, 2.05) is 41.5 Å². The Kier molecular flexibility index (Phi) is 33.9. The van der Waals surface area contributed by atoms with Crippen molar-refractivity contribution < 1.29 is 75.8 Å². The molecule has 0 radical (unpaired) electrons. The molecular weight excluding hydrogens is 1330 g/mol. The molecule has 3 aromatic carbocycles. The second-order valence-corrected chi connectivity index (χ2v) is 23.7. The van der Waals surface area contributed by atoms with E-state index in [9.17, 15) is 42.3 Å². The molecule has 0 aliphatic rings. The summed E-state index contributed by atoms with van der Waals surface area (Å²) in [5, 5.41) is 35.0. The molecule has 9 rings (SSSR count). The number of carbonyl (C=O) groups excluding carboxylic acids is 5. The minimum Gasteiger partial charge on any atom is -0.508 e. The number of rotatable bonds is 22. The highest BCUT2D eigenvalue weighted by Crippen LogP contribution is 2.26. The Morgan fingerprint density at radius 1 is 0.545 bits per heavy atom. The number of carbonyl (C=O) groups is 5. The number of fused-ring (bicyclic) bond motifs is 3. The van der Waals surface area contributed by atoms with E-state index in [1.54, 1.807) is 94.2 Å².